The van der Waals surface area contributed by atoms with Gasteiger partial charge >= 0.3 is 0 Å². The molecule has 0 unspecified atom stereocenters. The van der Waals surface area contributed by atoms with Gasteiger partial charge < -0.3 is 14.8 Å². The summed E-state index contributed by atoms with van der Waals surface area (Å²) in [7, 11) is 3.20. The molecule has 0 aliphatic heterocycles. The van der Waals surface area contributed by atoms with Gasteiger partial charge in [0.05, 0.1) is 14.2 Å². The predicted molar refractivity (Wildman–Crippen MR) is 103 cm³/mol. The fourth-order valence-corrected chi connectivity index (χ4v) is 3.33. The molecule has 0 saturated heterocycles. The van der Waals surface area contributed by atoms with Gasteiger partial charge in [-0.3, -0.25) is 4.79 Å². The molecule has 0 saturated carbocycles. The average molecular weight is 368 g/mol. The molecule has 0 bridgehead atoms. The van der Waals surface area contributed by atoms with Crippen molar-refractivity contribution < 1.29 is 14.3 Å². The van der Waals surface area contributed by atoms with Crippen molar-refractivity contribution in [1.82, 2.24) is 10.3 Å². The van der Waals surface area contributed by atoms with E-state index in [0.717, 1.165) is 21.8 Å². The van der Waals surface area contributed by atoms with Crippen LogP contribution in [0.4, 0.5) is 0 Å². The molecule has 0 aliphatic carbocycles. The molecule has 0 fully saturated rings. The molecule has 0 spiro atoms. The fourth-order valence-electron chi connectivity index (χ4n) is 2.53. The first kappa shape index (κ1) is 17.9. The highest BCUT2D eigenvalue weighted by molar-refractivity contribution is 7.13. The zero-order chi connectivity index (χ0) is 18.5. The Morgan fingerprint density at radius 3 is 2.50 bits per heavy atom. The van der Waals surface area contributed by atoms with Gasteiger partial charge in [0.25, 0.3) is 5.91 Å². The van der Waals surface area contributed by atoms with Crippen molar-refractivity contribution in [3.05, 3.63) is 64.7 Å². The van der Waals surface area contributed by atoms with Crippen molar-refractivity contribution in [2.75, 3.05) is 14.2 Å². The Balaban J connectivity index is 1.67. The molecule has 6 heteroatoms. The standard InChI is InChI=1S/C20H20N2O3S/c1-13-12-26-20(22-13)15-6-4-14(5-7-15)19(23)21-11-16-8-9-17(24-2)10-18(16)25-3/h4-10,12H,11H2,1-3H3,(H,21,23). The number of rotatable bonds is 6. The molecule has 1 N–H and O–H groups in total. The van der Waals surface area contributed by atoms with Crippen LogP contribution in [0.3, 0.4) is 0 Å². The minimum Gasteiger partial charge on any atom is -0.497 e. The van der Waals surface area contributed by atoms with E-state index in [1.165, 1.54) is 0 Å². The van der Waals surface area contributed by atoms with E-state index >= 15 is 0 Å². The van der Waals surface area contributed by atoms with Gasteiger partial charge in [-0.2, -0.15) is 0 Å². The summed E-state index contributed by atoms with van der Waals surface area (Å²) >= 11 is 1.60. The molecule has 134 valence electrons. The molecule has 1 heterocycles. The number of nitrogens with zero attached hydrogens (tertiary/aromatic N) is 1. The summed E-state index contributed by atoms with van der Waals surface area (Å²) in [4.78, 5) is 16.9. The molecule has 1 aromatic heterocycles. The SMILES string of the molecule is COc1ccc(CNC(=O)c2ccc(-c3nc(C)cs3)cc2)c(OC)c1. The number of nitrogens with one attached hydrogen (secondary N) is 1. The van der Waals surface area contributed by atoms with Crippen molar-refractivity contribution in [2.45, 2.75) is 13.5 Å². The van der Waals surface area contributed by atoms with Crippen LogP contribution < -0.4 is 14.8 Å². The van der Waals surface area contributed by atoms with Crippen LogP contribution in [0.25, 0.3) is 10.6 Å². The van der Waals surface area contributed by atoms with Crippen LogP contribution in [0.1, 0.15) is 21.6 Å². The van der Waals surface area contributed by atoms with E-state index in [2.05, 4.69) is 10.3 Å². The Kier molecular flexibility index (Phi) is 5.53. The zero-order valence-electron chi connectivity index (χ0n) is 14.9. The van der Waals surface area contributed by atoms with E-state index in [-0.39, 0.29) is 5.91 Å². The molecule has 3 aromatic rings. The number of amides is 1. The highest BCUT2D eigenvalue weighted by Gasteiger charge is 2.10. The molecule has 1 amide bonds. The summed E-state index contributed by atoms with van der Waals surface area (Å²) in [5.74, 6) is 1.26. The lowest BCUT2D eigenvalue weighted by atomic mass is 10.1. The minimum absolute atomic E-state index is 0.134. The van der Waals surface area contributed by atoms with Crippen molar-refractivity contribution in [3.63, 3.8) is 0 Å². The van der Waals surface area contributed by atoms with Crippen LogP contribution in [0.5, 0.6) is 11.5 Å². The lowest BCUT2D eigenvalue weighted by molar-refractivity contribution is 0.0950. The molecule has 0 atom stereocenters. The Morgan fingerprint density at radius 1 is 1.12 bits per heavy atom. The van der Waals surface area contributed by atoms with Crippen molar-refractivity contribution in [1.29, 1.82) is 0 Å². The summed E-state index contributed by atoms with van der Waals surface area (Å²) < 4.78 is 10.5. The minimum atomic E-state index is -0.134. The average Bonchev–Trinajstić information content (AvgIpc) is 3.12. The van der Waals surface area contributed by atoms with Crippen LogP contribution >= 0.6 is 11.3 Å². The largest absolute Gasteiger partial charge is 0.497 e. The first-order chi connectivity index (χ1) is 12.6. The number of hydrogen-bond donors (Lipinski definition) is 1. The van der Waals surface area contributed by atoms with Crippen LogP contribution in [-0.4, -0.2) is 25.1 Å². The Hall–Kier alpha value is -2.86. The second-order valence-corrected chi connectivity index (χ2v) is 6.59. The fraction of sp³-hybridized carbons (Fsp3) is 0.200. The van der Waals surface area contributed by atoms with Gasteiger partial charge in [0, 0.05) is 40.4 Å². The number of methoxy groups -OCH3 is 2. The van der Waals surface area contributed by atoms with Gasteiger partial charge in [-0.15, -0.1) is 11.3 Å². The van der Waals surface area contributed by atoms with E-state index < -0.39 is 0 Å². The molecule has 0 aliphatic rings. The normalized spacial score (nSPS) is 10.4. The van der Waals surface area contributed by atoms with E-state index in [4.69, 9.17) is 9.47 Å². The van der Waals surface area contributed by atoms with Gasteiger partial charge in [-0.1, -0.05) is 12.1 Å². The quantitative estimate of drug-likeness (QED) is 0.713. The Bertz CT molecular complexity index is 904. The second-order valence-electron chi connectivity index (χ2n) is 5.73. The number of hydrogen-bond acceptors (Lipinski definition) is 5. The number of thiazole rings is 1. The number of carbonyl (C=O) groups is 1. The lowest BCUT2D eigenvalue weighted by Crippen LogP contribution is -2.23. The van der Waals surface area contributed by atoms with Gasteiger partial charge in [-0.05, 0) is 31.2 Å². The maximum Gasteiger partial charge on any atom is 0.251 e. The number of aromatic nitrogens is 1. The van der Waals surface area contributed by atoms with Gasteiger partial charge in [0.1, 0.15) is 16.5 Å². The highest BCUT2D eigenvalue weighted by Crippen LogP contribution is 2.25. The number of carbonyl (C=O) groups excluding carboxylic acids is 1. The van der Waals surface area contributed by atoms with Gasteiger partial charge in [0.2, 0.25) is 0 Å². The smallest absolute Gasteiger partial charge is 0.251 e. The van der Waals surface area contributed by atoms with Crippen molar-refractivity contribution in [2.24, 2.45) is 0 Å². The zero-order valence-corrected chi connectivity index (χ0v) is 15.7. The lowest BCUT2D eigenvalue weighted by Gasteiger charge is -2.11. The van der Waals surface area contributed by atoms with Crippen LogP contribution in [-0.2, 0) is 6.54 Å². The summed E-state index contributed by atoms with van der Waals surface area (Å²) in [6.45, 7) is 2.34. The van der Waals surface area contributed by atoms with E-state index in [9.17, 15) is 4.79 Å². The first-order valence-corrected chi connectivity index (χ1v) is 9.00. The third-order valence-electron chi connectivity index (χ3n) is 3.95. The van der Waals surface area contributed by atoms with Gasteiger partial charge in [-0.25, -0.2) is 4.98 Å². The summed E-state index contributed by atoms with van der Waals surface area (Å²) in [6.07, 6.45) is 0. The van der Waals surface area contributed by atoms with E-state index in [1.54, 1.807) is 31.6 Å². The van der Waals surface area contributed by atoms with Crippen LogP contribution in [0.2, 0.25) is 0 Å². The molecule has 2 aromatic carbocycles. The molecular weight excluding hydrogens is 348 g/mol. The van der Waals surface area contributed by atoms with E-state index in [0.29, 0.717) is 23.6 Å². The molecule has 0 radical (unpaired) electrons. The van der Waals surface area contributed by atoms with Gasteiger partial charge in [0.15, 0.2) is 0 Å². The predicted octanol–water partition coefficient (Wildman–Crippen LogP) is 4.07. The number of aryl methyl sites for hydroxylation is 1. The molecule has 5 nitrogen and oxygen atoms in total. The van der Waals surface area contributed by atoms with Crippen molar-refractivity contribution in [3.8, 4) is 22.1 Å². The highest BCUT2D eigenvalue weighted by atomic mass is 32.1. The second kappa shape index (κ2) is 8.01. The Morgan fingerprint density at radius 2 is 1.88 bits per heavy atom. The van der Waals surface area contributed by atoms with E-state index in [1.807, 2.05) is 48.7 Å². The number of ether oxygens (including phenoxy) is 2. The maximum atomic E-state index is 12.4. The summed E-state index contributed by atoms with van der Waals surface area (Å²) in [5, 5.41) is 5.89. The summed E-state index contributed by atoms with van der Waals surface area (Å²) in [5.41, 5.74) is 3.50. The van der Waals surface area contributed by atoms with Crippen LogP contribution in [0, 0.1) is 6.92 Å². The topological polar surface area (TPSA) is 60.5 Å². The molecule has 26 heavy (non-hydrogen) atoms. The van der Waals surface area contributed by atoms with Crippen LogP contribution in [0.15, 0.2) is 47.8 Å². The number of benzene rings is 2. The summed E-state index contributed by atoms with van der Waals surface area (Å²) in [6, 6.07) is 13.0. The third kappa shape index (κ3) is 4.03. The van der Waals surface area contributed by atoms with Crippen molar-refractivity contribution >= 4 is 17.2 Å². The molecular formula is C20H20N2O3S. The third-order valence-corrected chi connectivity index (χ3v) is 4.96. The monoisotopic (exact) mass is 368 g/mol. The maximum absolute atomic E-state index is 12.4. The first-order valence-electron chi connectivity index (χ1n) is 8.12. The molecule has 3 rings (SSSR count). The Labute approximate surface area is 156 Å².